The highest BCUT2D eigenvalue weighted by atomic mass is 19.1. The van der Waals surface area contributed by atoms with Crippen LogP contribution in [0.2, 0.25) is 0 Å². The zero-order valence-corrected chi connectivity index (χ0v) is 5.76. The highest BCUT2D eigenvalue weighted by Gasteiger charge is 2.24. The third kappa shape index (κ3) is 1.36. The first kappa shape index (κ1) is 7.28. The van der Waals surface area contributed by atoms with Gasteiger partial charge in [0.15, 0.2) is 5.79 Å². The fraction of sp³-hybridized carbons (Fsp3) is 0.429. The Balaban J connectivity index is 2.87. The molecule has 0 aromatic rings. The maximum absolute atomic E-state index is 12.8. The van der Waals surface area contributed by atoms with Gasteiger partial charge in [0.1, 0.15) is 5.76 Å². The Hall–Kier alpha value is -0.830. The van der Waals surface area contributed by atoms with Crippen LogP contribution in [-0.2, 0) is 0 Å². The van der Waals surface area contributed by atoms with Crippen LogP contribution in [0.1, 0.15) is 13.3 Å². The molecule has 1 rings (SSSR count). The van der Waals surface area contributed by atoms with E-state index in [1.807, 2.05) is 0 Å². The predicted octanol–water partition coefficient (Wildman–Crippen LogP) is 1.40. The lowest BCUT2D eigenvalue weighted by molar-refractivity contribution is 0.229. The molecule has 10 heavy (non-hydrogen) atoms. The second kappa shape index (κ2) is 2.09. The van der Waals surface area contributed by atoms with Gasteiger partial charge in [-0.15, -0.1) is 0 Å². The van der Waals surface area contributed by atoms with Crippen molar-refractivity contribution in [2.24, 2.45) is 5.73 Å². The van der Waals surface area contributed by atoms with Crippen molar-refractivity contribution in [3.8, 4) is 0 Å². The molecule has 0 radical (unpaired) electrons. The molecule has 0 aromatic heterocycles. The van der Waals surface area contributed by atoms with E-state index in [-0.39, 0.29) is 12.2 Å². The van der Waals surface area contributed by atoms with Crippen LogP contribution in [0.3, 0.4) is 0 Å². The lowest BCUT2D eigenvalue weighted by Gasteiger charge is -2.18. The van der Waals surface area contributed by atoms with Crippen molar-refractivity contribution in [1.82, 2.24) is 0 Å². The van der Waals surface area contributed by atoms with Gasteiger partial charge in [-0.25, -0.2) is 4.39 Å². The minimum atomic E-state index is -1.86. The molecule has 0 spiro atoms. The Morgan fingerprint density at radius 1 is 1.80 bits per heavy atom. The molecule has 0 amide bonds. The first-order valence-corrected chi connectivity index (χ1v) is 3.08. The molecular formula is C7H10FNO. The normalized spacial score (nSPS) is 33.1. The van der Waals surface area contributed by atoms with Crippen molar-refractivity contribution in [2.75, 3.05) is 0 Å². The molecule has 0 saturated carbocycles. The number of nitrogens with two attached hydrogens (primary N) is 1. The molecule has 1 atom stereocenters. The Morgan fingerprint density at radius 2 is 2.40 bits per heavy atom. The van der Waals surface area contributed by atoms with Crippen LogP contribution in [0.4, 0.5) is 4.39 Å². The molecule has 1 aliphatic carbocycles. The Kier molecular flexibility index (Phi) is 1.52. The van der Waals surface area contributed by atoms with Crippen LogP contribution in [0.5, 0.6) is 0 Å². The van der Waals surface area contributed by atoms with Crippen molar-refractivity contribution in [1.29, 1.82) is 0 Å². The van der Waals surface area contributed by atoms with Crippen molar-refractivity contribution in [3.05, 3.63) is 23.5 Å². The van der Waals surface area contributed by atoms with Crippen molar-refractivity contribution in [3.63, 3.8) is 0 Å². The van der Waals surface area contributed by atoms with Crippen LogP contribution < -0.4 is 5.73 Å². The summed E-state index contributed by atoms with van der Waals surface area (Å²) in [6.07, 6.45) is 2.75. The third-order valence-corrected chi connectivity index (χ3v) is 1.50. The van der Waals surface area contributed by atoms with Gasteiger partial charge in [-0.05, 0) is 12.5 Å². The van der Waals surface area contributed by atoms with Gasteiger partial charge >= 0.3 is 0 Å². The number of hydrogen-bond acceptors (Lipinski definition) is 2. The minimum absolute atomic E-state index is 0.0590. The number of aliphatic hydroxyl groups excluding tert-OH is 1. The number of alkyl halides is 1. The largest absolute Gasteiger partial charge is 0.508 e. The lowest BCUT2D eigenvalue weighted by atomic mass is 10.0. The molecule has 0 bridgehead atoms. The molecular weight excluding hydrogens is 133 g/mol. The van der Waals surface area contributed by atoms with Gasteiger partial charge in [0, 0.05) is 12.5 Å². The van der Waals surface area contributed by atoms with E-state index in [0.29, 0.717) is 5.57 Å². The summed E-state index contributed by atoms with van der Waals surface area (Å²) in [5.74, 6) is -1.92. The van der Waals surface area contributed by atoms with Gasteiger partial charge in [0.2, 0.25) is 0 Å². The third-order valence-electron chi connectivity index (χ3n) is 1.50. The molecule has 0 aromatic carbocycles. The van der Waals surface area contributed by atoms with E-state index >= 15 is 0 Å². The second-order valence-electron chi connectivity index (χ2n) is 2.55. The van der Waals surface area contributed by atoms with Crippen LogP contribution in [0.25, 0.3) is 0 Å². The highest BCUT2D eigenvalue weighted by Crippen LogP contribution is 2.23. The maximum atomic E-state index is 12.8. The SMILES string of the molecule is CC1=CCC(N)(F)C=C1O. The summed E-state index contributed by atoms with van der Waals surface area (Å²) < 4.78 is 12.8. The summed E-state index contributed by atoms with van der Waals surface area (Å²) >= 11 is 0. The average Bonchev–Trinajstić information content (AvgIpc) is 1.79. The van der Waals surface area contributed by atoms with Crippen LogP contribution >= 0.6 is 0 Å². The molecule has 3 heteroatoms. The Bertz CT molecular complexity index is 206. The molecule has 0 heterocycles. The van der Waals surface area contributed by atoms with Gasteiger partial charge in [-0.2, -0.15) is 0 Å². The summed E-state index contributed by atoms with van der Waals surface area (Å²) in [5, 5.41) is 8.99. The quantitative estimate of drug-likeness (QED) is 0.503. The fourth-order valence-electron chi connectivity index (χ4n) is 0.814. The predicted molar refractivity (Wildman–Crippen MR) is 37.1 cm³/mol. The molecule has 0 saturated heterocycles. The molecule has 3 N–H and O–H groups in total. The first-order chi connectivity index (χ1) is 4.51. The molecule has 1 aliphatic rings. The topological polar surface area (TPSA) is 46.2 Å². The fourth-order valence-corrected chi connectivity index (χ4v) is 0.814. The summed E-state index contributed by atoms with van der Waals surface area (Å²) in [4.78, 5) is 0. The smallest absolute Gasteiger partial charge is 0.185 e. The molecule has 56 valence electrons. The molecule has 0 fully saturated rings. The Labute approximate surface area is 58.8 Å². The lowest BCUT2D eigenvalue weighted by Crippen LogP contribution is -2.33. The average molecular weight is 143 g/mol. The van der Waals surface area contributed by atoms with E-state index in [1.165, 1.54) is 0 Å². The van der Waals surface area contributed by atoms with Gasteiger partial charge in [0.05, 0.1) is 0 Å². The first-order valence-electron chi connectivity index (χ1n) is 3.08. The number of allylic oxidation sites excluding steroid dienone is 1. The van der Waals surface area contributed by atoms with E-state index in [2.05, 4.69) is 0 Å². The van der Waals surface area contributed by atoms with Gasteiger partial charge in [-0.1, -0.05) is 6.08 Å². The van der Waals surface area contributed by atoms with E-state index in [1.54, 1.807) is 13.0 Å². The summed E-state index contributed by atoms with van der Waals surface area (Å²) in [6.45, 7) is 1.71. The van der Waals surface area contributed by atoms with Gasteiger partial charge in [-0.3, -0.25) is 5.73 Å². The van der Waals surface area contributed by atoms with Crippen molar-refractivity contribution >= 4 is 0 Å². The monoisotopic (exact) mass is 143 g/mol. The summed E-state index contributed by atoms with van der Waals surface area (Å²) in [5.41, 5.74) is 5.76. The highest BCUT2D eigenvalue weighted by molar-refractivity contribution is 5.30. The summed E-state index contributed by atoms with van der Waals surface area (Å²) in [7, 11) is 0. The zero-order valence-electron chi connectivity index (χ0n) is 5.76. The van der Waals surface area contributed by atoms with Crippen LogP contribution in [-0.4, -0.2) is 10.9 Å². The number of aliphatic hydroxyl groups is 1. The Morgan fingerprint density at radius 3 is 2.80 bits per heavy atom. The van der Waals surface area contributed by atoms with E-state index in [0.717, 1.165) is 6.08 Å². The summed E-state index contributed by atoms with van der Waals surface area (Å²) in [6, 6.07) is 0. The van der Waals surface area contributed by atoms with E-state index < -0.39 is 5.79 Å². The molecule has 2 nitrogen and oxygen atoms in total. The minimum Gasteiger partial charge on any atom is -0.508 e. The number of hydrogen-bond donors (Lipinski definition) is 2. The van der Waals surface area contributed by atoms with E-state index in [9.17, 15) is 4.39 Å². The molecule has 1 unspecified atom stereocenters. The van der Waals surface area contributed by atoms with Gasteiger partial charge in [0.25, 0.3) is 0 Å². The van der Waals surface area contributed by atoms with E-state index in [4.69, 9.17) is 10.8 Å². The number of rotatable bonds is 0. The van der Waals surface area contributed by atoms with Crippen molar-refractivity contribution in [2.45, 2.75) is 19.1 Å². The second-order valence-corrected chi connectivity index (χ2v) is 2.55. The van der Waals surface area contributed by atoms with Crippen LogP contribution in [0, 0.1) is 0 Å². The number of halogens is 1. The molecule has 0 aliphatic heterocycles. The van der Waals surface area contributed by atoms with Crippen LogP contribution in [0.15, 0.2) is 23.5 Å². The van der Waals surface area contributed by atoms with Gasteiger partial charge < -0.3 is 5.11 Å². The maximum Gasteiger partial charge on any atom is 0.185 e. The zero-order chi connectivity index (χ0) is 7.78. The van der Waals surface area contributed by atoms with Crippen molar-refractivity contribution < 1.29 is 9.50 Å². The standard InChI is InChI=1S/C7H10FNO/c1-5-2-3-7(8,9)4-6(5)10/h2,4,10H,3,9H2,1H3.